The molecule has 0 amide bonds. The van der Waals surface area contributed by atoms with Crippen LogP contribution in [-0.4, -0.2) is 17.8 Å². The van der Waals surface area contributed by atoms with Crippen LogP contribution < -0.4 is 5.32 Å². The number of rotatable bonds is 4. The molecule has 1 aromatic carbocycles. The fourth-order valence-electron chi connectivity index (χ4n) is 2.25. The van der Waals surface area contributed by atoms with Crippen molar-refractivity contribution in [3.8, 4) is 0 Å². The lowest BCUT2D eigenvalue weighted by atomic mass is 10.1. The van der Waals surface area contributed by atoms with Crippen LogP contribution in [0.4, 0.5) is 13.2 Å². The number of hydrogen-bond donors (Lipinski definition) is 2. The molecule has 2 N–H and O–H groups in total. The Balaban J connectivity index is 1.99. The second kappa shape index (κ2) is 5.75. The second-order valence-corrected chi connectivity index (χ2v) is 4.71. The number of alkyl halides is 3. The fraction of sp³-hybridized carbons (Fsp3) is 0.429. The summed E-state index contributed by atoms with van der Waals surface area (Å²) in [6.07, 6.45) is 0.201. The molecule has 0 heterocycles. The molecule has 0 unspecified atom stereocenters. The summed E-state index contributed by atoms with van der Waals surface area (Å²) in [6, 6.07) is 5.60. The minimum absolute atomic E-state index is 0.0263. The largest absolute Gasteiger partial charge is 0.416 e. The number of aliphatic hydroxyl groups is 1. The van der Waals surface area contributed by atoms with E-state index in [0.717, 1.165) is 12.5 Å². The highest BCUT2D eigenvalue weighted by Gasteiger charge is 2.32. The lowest BCUT2D eigenvalue weighted by Gasteiger charge is -2.16. The van der Waals surface area contributed by atoms with Crippen molar-refractivity contribution in [2.24, 2.45) is 5.92 Å². The number of benzene rings is 1. The Morgan fingerprint density at radius 3 is 2.58 bits per heavy atom. The van der Waals surface area contributed by atoms with Crippen LogP contribution in [0.15, 0.2) is 36.4 Å². The topological polar surface area (TPSA) is 32.3 Å². The van der Waals surface area contributed by atoms with E-state index < -0.39 is 11.7 Å². The Bertz CT molecular complexity index is 456. The quantitative estimate of drug-likeness (QED) is 0.825. The van der Waals surface area contributed by atoms with Gasteiger partial charge in [-0.05, 0) is 18.1 Å². The van der Waals surface area contributed by atoms with E-state index in [-0.39, 0.29) is 30.7 Å². The summed E-state index contributed by atoms with van der Waals surface area (Å²) in [4.78, 5) is 0. The molecule has 5 heteroatoms. The van der Waals surface area contributed by atoms with E-state index in [0.29, 0.717) is 0 Å². The predicted octanol–water partition coefficient (Wildman–Crippen LogP) is 2.73. The zero-order valence-corrected chi connectivity index (χ0v) is 10.3. The van der Waals surface area contributed by atoms with Gasteiger partial charge in [-0.25, -0.2) is 0 Å². The summed E-state index contributed by atoms with van der Waals surface area (Å²) in [5, 5.41) is 12.1. The maximum absolute atomic E-state index is 12.8. The highest BCUT2D eigenvalue weighted by atomic mass is 19.4. The summed E-state index contributed by atoms with van der Waals surface area (Å²) >= 11 is 0. The number of halogens is 3. The van der Waals surface area contributed by atoms with Gasteiger partial charge in [0.15, 0.2) is 0 Å². The van der Waals surface area contributed by atoms with Gasteiger partial charge in [-0.15, -0.1) is 0 Å². The van der Waals surface area contributed by atoms with Crippen molar-refractivity contribution in [1.29, 1.82) is 0 Å². The normalized spacial score (nSPS) is 22.9. The zero-order valence-electron chi connectivity index (χ0n) is 10.3. The second-order valence-electron chi connectivity index (χ2n) is 4.71. The molecule has 1 aromatic rings. The van der Waals surface area contributed by atoms with E-state index >= 15 is 0 Å². The highest BCUT2D eigenvalue weighted by molar-refractivity contribution is 5.29. The molecule has 0 saturated carbocycles. The predicted molar refractivity (Wildman–Crippen MR) is 66.4 cm³/mol. The molecule has 2 nitrogen and oxygen atoms in total. The summed E-state index contributed by atoms with van der Waals surface area (Å²) in [5.41, 5.74) is -0.348. The first-order valence-electron chi connectivity index (χ1n) is 6.18. The molecule has 0 fully saturated rings. The summed E-state index contributed by atoms with van der Waals surface area (Å²) < 4.78 is 38.4. The highest BCUT2D eigenvalue weighted by Crippen LogP contribution is 2.32. The van der Waals surface area contributed by atoms with Crippen LogP contribution in [0.1, 0.15) is 17.5 Å². The molecule has 0 bridgehead atoms. The molecule has 2 atom stereocenters. The van der Waals surface area contributed by atoms with Gasteiger partial charge in [0.25, 0.3) is 0 Å². The first kappa shape index (κ1) is 14.1. The van der Waals surface area contributed by atoms with Crippen LogP contribution in [0.2, 0.25) is 0 Å². The van der Waals surface area contributed by atoms with Crippen LogP contribution >= 0.6 is 0 Å². The van der Waals surface area contributed by atoms with Crippen molar-refractivity contribution in [2.75, 3.05) is 6.61 Å². The van der Waals surface area contributed by atoms with Gasteiger partial charge in [-0.2, -0.15) is 13.2 Å². The monoisotopic (exact) mass is 271 g/mol. The van der Waals surface area contributed by atoms with Crippen LogP contribution in [0.3, 0.4) is 0 Å². The van der Waals surface area contributed by atoms with Crippen molar-refractivity contribution in [1.82, 2.24) is 5.32 Å². The summed E-state index contributed by atoms with van der Waals surface area (Å²) in [5.74, 6) is 0.107. The average molecular weight is 271 g/mol. The van der Waals surface area contributed by atoms with Crippen molar-refractivity contribution in [2.45, 2.75) is 25.2 Å². The molecule has 19 heavy (non-hydrogen) atoms. The minimum atomic E-state index is -4.32. The van der Waals surface area contributed by atoms with Crippen LogP contribution in [0.5, 0.6) is 0 Å². The van der Waals surface area contributed by atoms with Crippen molar-refractivity contribution in [3.05, 3.63) is 47.5 Å². The molecule has 0 radical (unpaired) electrons. The molecule has 1 aliphatic rings. The standard InChI is InChI=1S/C14H16F3NO/c15-14(16,17)13-4-2-1-3-11(13)8-18-12-6-5-10(7-12)9-19/h1-6,10,12,18-19H,7-9H2/t10-,12+/m0/s1. The molecule has 104 valence electrons. The number of nitrogens with one attached hydrogen (secondary N) is 1. The molecular formula is C14H16F3NO. The Morgan fingerprint density at radius 2 is 1.95 bits per heavy atom. The van der Waals surface area contributed by atoms with Crippen LogP contribution in [-0.2, 0) is 12.7 Å². The fourth-order valence-corrected chi connectivity index (χ4v) is 2.25. The third kappa shape index (κ3) is 3.58. The summed E-state index contributed by atoms with van der Waals surface area (Å²) in [7, 11) is 0. The lowest BCUT2D eigenvalue weighted by Crippen LogP contribution is -2.27. The third-order valence-electron chi connectivity index (χ3n) is 3.28. The third-order valence-corrected chi connectivity index (χ3v) is 3.28. The van der Waals surface area contributed by atoms with Gasteiger partial charge in [-0.3, -0.25) is 0 Å². The van der Waals surface area contributed by atoms with Crippen LogP contribution in [0, 0.1) is 5.92 Å². The van der Waals surface area contributed by atoms with Gasteiger partial charge in [-0.1, -0.05) is 30.4 Å². The van der Waals surface area contributed by atoms with Gasteiger partial charge in [0.1, 0.15) is 0 Å². The van der Waals surface area contributed by atoms with Crippen LogP contribution in [0.25, 0.3) is 0 Å². The van der Waals surface area contributed by atoms with Gasteiger partial charge >= 0.3 is 6.18 Å². The van der Waals surface area contributed by atoms with Gasteiger partial charge < -0.3 is 10.4 Å². The van der Waals surface area contributed by atoms with E-state index in [1.807, 2.05) is 12.2 Å². The van der Waals surface area contributed by atoms with Crippen molar-refractivity contribution >= 4 is 0 Å². The van der Waals surface area contributed by atoms with Crippen molar-refractivity contribution < 1.29 is 18.3 Å². The molecule has 0 aromatic heterocycles. The van der Waals surface area contributed by atoms with Gasteiger partial charge in [0.2, 0.25) is 0 Å². The first-order chi connectivity index (χ1) is 9.00. The maximum atomic E-state index is 12.8. The lowest BCUT2D eigenvalue weighted by molar-refractivity contribution is -0.138. The molecular weight excluding hydrogens is 255 g/mol. The van der Waals surface area contributed by atoms with Gasteiger partial charge in [0.05, 0.1) is 5.56 Å². The van der Waals surface area contributed by atoms with Crippen molar-refractivity contribution in [3.63, 3.8) is 0 Å². The summed E-state index contributed by atoms with van der Waals surface area (Å²) in [6.45, 7) is 0.247. The van der Waals surface area contributed by atoms with E-state index in [2.05, 4.69) is 5.32 Å². The smallest absolute Gasteiger partial charge is 0.396 e. The van der Waals surface area contributed by atoms with E-state index in [1.54, 1.807) is 6.07 Å². The van der Waals surface area contributed by atoms with Gasteiger partial charge in [0, 0.05) is 25.1 Å². The number of aliphatic hydroxyl groups excluding tert-OH is 1. The van der Waals surface area contributed by atoms with E-state index in [4.69, 9.17) is 5.11 Å². The molecule has 0 spiro atoms. The minimum Gasteiger partial charge on any atom is -0.396 e. The average Bonchev–Trinajstić information content (AvgIpc) is 2.83. The first-order valence-corrected chi connectivity index (χ1v) is 6.18. The Hall–Kier alpha value is -1.33. The number of hydrogen-bond acceptors (Lipinski definition) is 2. The molecule has 0 saturated heterocycles. The molecule has 0 aliphatic heterocycles. The Kier molecular flexibility index (Phi) is 4.27. The van der Waals surface area contributed by atoms with E-state index in [9.17, 15) is 13.2 Å². The Labute approximate surface area is 109 Å². The zero-order chi connectivity index (χ0) is 13.9. The SMILES string of the molecule is OC[C@H]1C=C[C@@H](NCc2ccccc2C(F)(F)F)C1. The van der Waals surface area contributed by atoms with E-state index in [1.165, 1.54) is 12.1 Å². The molecule has 1 aliphatic carbocycles. The molecule has 2 rings (SSSR count). The maximum Gasteiger partial charge on any atom is 0.416 e. The Morgan fingerprint density at radius 1 is 1.21 bits per heavy atom.